The second-order valence-corrected chi connectivity index (χ2v) is 9.89. The number of carbonyl (C=O) groups is 1. The van der Waals surface area contributed by atoms with Gasteiger partial charge in [-0.2, -0.15) is 0 Å². The van der Waals surface area contributed by atoms with Crippen LogP contribution in [0.2, 0.25) is 5.02 Å². The van der Waals surface area contributed by atoms with Crippen LogP contribution in [0.25, 0.3) is 0 Å². The van der Waals surface area contributed by atoms with Gasteiger partial charge in [-0.15, -0.1) is 0 Å². The zero-order valence-corrected chi connectivity index (χ0v) is 20.8. The average Bonchev–Trinajstić information content (AvgIpc) is 3.38. The molecule has 1 atom stereocenters. The fourth-order valence-electron chi connectivity index (χ4n) is 4.67. The van der Waals surface area contributed by atoms with E-state index in [0.29, 0.717) is 41.2 Å². The molecule has 3 heterocycles. The molecule has 9 nitrogen and oxygen atoms in total. The van der Waals surface area contributed by atoms with Gasteiger partial charge in [0.1, 0.15) is 24.4 Å². The van der Waals surface area contributed by atoms with Crippen molar-refractivity contribution < 1.29 is 19.1 Å². The van der Waals surface area contributed by atoms with Crippen LogP contribution in [-0.2, 0) is 26.0 Å². The fourth-order valence-corrected chi connectivity index (χ4v) is 5.00. The highest BCUT2D eigenvalue weighted by atomic mass is 35.5. The maximum Gasteiger partial charge on any atom is 0.270 e. The summed E-state index contributed by atoms with van der Waals surface area (Å²) in [5, 5.41) is 14.0. The molecule has 3 aromatic rings. The molecule has 2 aliphatic rings. The number of halogens is 1. The topological polar surface area (TPSA) is 114 Å². The predicted octanol–water partition coefficient (Wildman–Crippen LogP) is 3.19. The van der Waals surface area contributed by atoms with Crippen molar-refractivity contribution in [3.63, 3.8) is 0 Å². The Morgan fingerprint density at radius 3 is 3.00 bits per heavy atom. The van der Waals surface area contributed by atoms with E-state index in [1.165, 1.54) is 32.0 Å². The van der Waals surface area contributed by atoms with Gasteiger partial charge in [0, 0.05) is 31.9 Å². The fraction of sp³-hybridized carbons (Fsp3) is 0.462. The Kier molecular flexibility index (Phi) is 7.79. The quantitative estimate of drug-likeness (QED) is 0.426. The Balaban J connectivity index is 1.10. The molecule has 10 heteroatoms. The number of fused-ring (bicyclic) bond motifs is 1. The third kappa shape index (κ3) is 6.03. The first-order chi connectivity index (χ1) is 17.5. The Hall–Kier alpha value is -3.01. The SMILES string of the molecule is O=C(NC[C@H](O)CN1CCc2c(ccc(OCc3cnco3)c2Cl)C1)c1cc(CC2CCC2)ncn1. The van der Waals surface area contributed by atoms with Crippen molar-refractivity contribution >= 4 is 17.5 Å². The lowest BCUT2D eigenvalue weighted by molar-refractivity contribution is 0.0837. The molecule has 0 unspecified atom stereocenters. The van der Waals surface area contributed by atoms with E-state index < -0.39 is 6.10 Å². The van der Waals surface area contributed by atoms with Crippen molar-refractivity contribution in [1.29, 1.82) is 0 Å². The number of rotatable bonds is 10. The van der Waals surface area contributed by atoms with Crippen molar-refractivity contribution in [1.82, 2.24) is 25.2 Å². The van der Waals surface area contributed by atoms with Crippen molar-refractivity contribution in [2.45, 2.75) is 51.4 Å². The summed E-state index contributed by atoms with van der Waals surface area (Å²) in [5.41, 5.74) is 3.41. The van der Waals surface area contributed by atoms with Gasteiger partial charge in [0.25, 0.3) is 5.91 Å². The first kappa shape index (κ1) is 24.7. The highest BCUT2D eigenvalue weighted by Crippen LogP contribution is 2.34. The Bertz CT molecular complexity index is 1190. The molecular weight excluding hydrogens is 482 g/mol. The van der Waals surface area contributed by atoms with Gasteiger partial charge in [-0.1, -0.05) is 36.9 Å². The standard InChI is InChI=1S/C26H30ClN5O4/c27-25-22-6-7-32(12-18(22)4-5-24(25)35-14-21-11-28-16-36-21)13-20(33)10-29-26(34)23-9-19(30-15-31-23)8-17-2-1-3-17/h4-5,9,11,15-17,20,33H,1-3,6-8,10,12-14H2,(H,29,34)/t20-/m0/s1. The lowest BCUT2D eigenvalue weighted by atomic mass is 9.82. The van der Waals surface area contributed by atoms with Crippen LogP contribution < -0.4 is 10.1 Å². The van der Waals surface area contributed by atoms with E-state index in [0.717, 1.165) is 36.2 Å². The summed E-state index contributed by atoms with van der Waals surface area (Å²) in [6, 6.07) is 5.63. The minimum absolute atomic E-state index is 0.152. The van der Waals surface area contributed by atoms with E-state index in [9.17, 15) is 9.90 Å². The lowest BCUT2D eigenvalue weighted by Crippen LogP contribution is -2.42. The van der Waals surface area contributed by atoms with E-state index in [-0.39, 0.29) is 19.1 Å². The summed E-state index contributed by atoms with van der Waals surface area (Å²) in [6.07, 6.45) is 9.08. The van der Waals surface area contributed by atoms with E-state index in [1.807, 2.05) is 12.1 Å². The number of nitrogens with one attached hydrogen (secondary N) is 1. The number of hydrogen-bond donors (Lipinski definition) is 2. The van der Waals surface area contributed by atoms with Crippen LogP contribution in [0.3, 0.4) is 0 Å². The summed E-state index contributed by atoms with van der Waals surface area (Å²) in [5.74, 6) is 1.62. The molecular formula is C26H30ClN5O4. The summed E-state index contributed by atoms with van der Waals surface area (Å²) in [6.45, 7) is 2.27. The smallest absolute Gasteiger partial charge is 0.270 e. The summed E-state index contributed by atoms with van der Waals surface area (Å²) < 4.78 is 11.0. The number of carbonyl (C=O) groups excluding carboxylic acids is 1. The molecule has 2 N–H and O–H groups in total. The predicted molar refractivity (Wildman–Crippen MR) is 133 cm³/mol. The maximum atomic E-state index is 12.6. The number of hydrogen-bond acceptors (Lipinski definition) is 8. The molecule has 1 aliphatic carbocycles. The van der Waals surface area contributed by atoms with Crippen LogP contribution in [0.1, 0.15) is 52.3 Å². The number of oxazole rings is 1. The molecule has 0 bridgehead atoms. The normalized spacial score (nSPS) is 16.7. The third-order valence-electron chi connectivity index (χ3n) is 6.88. The first-order valence-electron chi connectivity index (χ1n) is 12.3. The lowest BCUT2D eigenvalue weighted by Gasteiger charge is -2.31. The molecule has 1 aromatic carbocycles. The number of benzene rings is 1. The minimum atomic E-state index is -0.702. The second-order valence-electron chi connectivity index (χ2n) is 9.52. The van der Waals surface area contributed by atoms with Crippen LogP contribution in [0.15, 0.2) is 41.5 Å². The molecule has 1 fully saturated rings. The van der Waals surface area contributed by atoms with Crippen LogP contribution in [0.4, 0.5) is 0 Å². The van der Waals surface area contributed by atoms with Crippen molar-refractivity contribution in [3.05, 3.63) is 70.4 Å². The molecule has 0 radical (unpaired) electrons. The molecule has 1 amide bonds. The van der Waals surface area contributed by atoms with Crippen LogP contribution in [0, 0.1) is 5.92 Å². The van der Waals surface area contributed by atoms with E-state index in [4.69, 9.17) is 20.8 Å². The van der Waals surface area contributed by atoms with Gasteiger partial charge in [0.2, 0.25) is 0 Å². The number of aliphatic hydroxyl groups is 1. The molecule has 1 aliphatic heterocycles. The molecule has 2 aromatic heterocycles. The Labute approximate surface area is 214 Å². The van der Waals surface area contributed by atoms with Crippen LogP contribution in [0.5, 0.6) is 5.75 Å². The zero-order valence-electron chi connectivity index (χ0n) is 20.0. The van der Waals surface area contributed by atoms with E-state index in [2.05, 4.69) is 25.2 Å². The first-order valence-corrected chi connectivity index (χ1v) is 12.7. The summed E-state index contributed by atoms with van der Waals surface area (Å²) in [4.78, 5) is 27.0. The average molecular weight is 512 g/mol. The molecule has 1 saturated carbocycles. The largest absolute Gasteiger partial charge is 0.484 e. The third-order valence-corrected chi connectivity index (χ3v) is 7.29. The molecule has 36 heavy (non-hydrogen) atoms. The van der Waals surface area contributed by atoms with Crippen molar-refractivity contribution in [3.8, 4) is 5.75 Å². The molecule has 190 valence electrons. The number of amides is 1. The summed E-state index contributed by atoms with van der Waals surface area (Å²) in [7, 11) is 0. The molecule has 0 saturated heterocycles. The second kappa shape index (κ2) is 11.4. The highest BCUT2D eigenvalue weighted by Gasteiger charge is 2.23. The monoisotopic (exact) mass is 511 g/mol. The number of aromatic nitrogens is 3. The van der Waals surface area contributed by atoms with Gasteiger partial charge < -0.3 is 19.6 Å². The Morgan fingerprint density at radius 2 is 2.22 bits per heavy atom. The number of aliphatic hydroxyl groups excluding tert-OH is 1. The van der Waals surface area contributed by atoms with E-state index in [1.54, 1.807) is 12.3 Å². The van der Waals surface area contributed by atoms with Crippen molar-refractivity contribution in [2.75, 3.05) is 19.6 Å². The van der Waals surface area contributed by atoms with Crippen LogP contribution in [-0.4, -0.2) is 56.6 Å². The highest BCUT2D eigenvalue weighted by molar-refractivity contribution is 6.33. The number of ether oxygens (including phenoxy) is 1. The van der Waals surface area contributed by atoms with Gasteiger partial charge in [0.15, 0.2) is 12.2 Å². The zero-order chi connectivity index (χ0) is 24.9. The minimum Gasteiger partial charge on any atom is -0.484 e. The van der Waals surface area contributed by atoms with Gasteiger partial charge >= 0.3 is 0 Å². The molecule has 5 rings (SSSR count). The maximum absolute atomic E-state index is 12.6. The number of β-amino-alcohol motifs (C(OH)–C–C–N with tert-alkyl or cyclic N) is 1. The van der Waals surface area contributed by atoms with Gasteiger partial charge in [-0.05, 0) is 42.0 Å². The molecule has 0 spiro atoms. The van der Waals surface area contributed by atoms with Crippen LogP contribution >= 0.6 is 11.6 Å². The van der Waals surface area contributed by atoms with E-state index >= 15 is 0 Å². The van der Waals surface area contributed by atoms with Gasteiger partial charge in [-0.3, -0.25) is 9.69 Å². The van der Waals surface area contributed by atoms with Gasteiger partial charge in [-0.25, -0.2) is 15.0 Å². The van der Waals surface area contributed by atoms with Gasteiger partial charge in [0.05, 0.1) is 17.3 Å². The summed E-state index contributed by atoms with van der Waals surface area (Å²) >= 11 is 6.62. The number of nitrogens with zero attached hydrogens (tertiary/aromatic N) is 4. The van der Waals surface area contributed by atoms with Crippen molar-refractivity contribution in [2.24, 2.45) is 5.92 Å². The Morgan fingerprint density at radius 1 is 1.33 bits per heavy atom.